The third kappa shape index (κ3) is 5.32. The number of amides is 2. The highest BCUT2D eigenvalue weighted by molar-refractivity contribution is 8.00. The second-order valence-electron chi connectivity index (χ2n) is 7.85. The Kier molecular flexibility index (Phi) is 7.79. The summed E-state index contributed by atoms with van der Waals surface area (Å²) >= 11 is 1.45. The maximum Gasteiger partial charge on any atom is 0.352 e. The number of β-lactam (4-membered cyclic amide) rings is 1. The molecular weight excluding hydrogens is 462 g/mol. The van der Waals surface area contributed by atoms with Gasteiger partial charge in [-0.25, -0.2) is 9.59 Å². The molecule has 0 bridgehead atoms. The number of carbonyl (C=O) groups is 4. The van der Waals surface area contributed by atoms with E-state index in [0.717, 1.165) is 12.0 Å². The van der Waals surface area contributed by atoms with Crippen LogP contribution in [0.2, 0.25) is 0 Å². The number of phenolic OH excluding ortho intramolecular Hbond substituents is 1. The summed E-state index contributed by atoms with van der Waals surface area (Å²) in [6, 6.07) is 3.85. The van der Waals surface area contributed by atoms with Gasteiger partial charge >= 0.3 is 11.9 Å². The van der Waals surface area contributed by atoms with E-state index in [9.17, 15) is 24.3 Å². The van der Waals surface area contributed by atoms with Crippen molar-refractivity contribution < 1.29 is 34.5 Å². The van der Waals surface area contributed by atoms with Crippen molar-refractivity contribution in [2.24, 2.45) is 5.73 Å². The summed E-state index contributed by atoms with van der Waals surface area (Å²) in [7, 11) is 0. The van der Waals surface area contributed by atoms with Crippen molar-refractivity contribution in [3.05, 3.63) is 64.9 Å². The molecule has 0 saturated carbocycles. The molecule has 6 N–H and O–H groups in total. The van der Waals surface area contributed by atoms with Gasteiger partial charge in [-0.1, -0.05) is 18.2 Å². The minimum atomic E-state index is -1.12. The fourth-order valence-electron chi connectivity index (χ4n) is 3.66. The molecule has 11 heteroatoms. The van der Waals surface area contributed by atoms with E-state index < -0.39 is 35.8 Å². The standard InChI is InChI=1S/C16H19N3O4S.C7H6O3/c1-8-7-24-15-11(14(21)19(15)12(8)16(22)23)18-13(20)10(17)9-5-3-2-4-6-9;8-6-3-1-5(2-4-6)7(9)10/h2-3,6,10-11,15H,4-5,7,17H2,1H3,(H,18,20)(H,22,23);1-4,8H,(H,9,10)/t10-,11-,15-;/m1./s1. The Morgan fingerprint density at radius 2 is 1.82 bits per heavy atom. The Morgan fingerprint density at radius 3 is 2.38 bits per heavy atom. The number of nitrogens with two attached hydrogens (primary N) is 1. The molecule has 3 aliphatic rings. The van der Waals surface area contributed by atoms with Crippen molar-refractivity contribution in [1.29, 1.82) is 0 Å². The first kappa shape index (κ1) is 25.1. The van der Waals surface area contributed by atoms with Gasteiger partial charge in [0.1, 0.15) is 28.9 Å². The second kappa shape index (κ2) is 10.6. The largest absolute Gasteiger partial charge is 0.508 e. The lowest BCUT2D eigenvalue weighted by molar-refractivity contribution is -0.150. The topological polar surface area (TPSA) is 170 Å². The van der Waals surface area contributed by atoms with Crippen LogP contribution in [-0.2, 0) is 14.4 Å². The summed E-state index contributed by atoms with van der Waals surface area (Å²) in [5, 5.41) is 28.7. The molecule has 10 nitrogen and oxygen atoms in total. The number of aliphatic carboxylic acids is 1. The molecule has 0 unspecified atom stereocenters. The lowest BCUT2D eigenvalue weighted by atomic mass is 9.97. The quantitative estimate of drug-likeness (QED) is 0.304. The smallest absolute Gasteiger partial charge is 0.352 e. The Balaban J connectivity index is 0.000000271. The SMILES string of the molecule is CC1=C(C(=O)O)N2C(=O)[C@@H](NC(=O)[C@H](N)C3=CCC=CC3)[C@H]2SC1.O=C(O)c1ccc(O)cc1. The van der Waals surface area contributed by atoms with Gasteiger partial charge in [0.25, 0.3) is 5.91 Å². The number of fused-ring (bicyclic) bond motifs is 1. The Bertz CT molecular complexity index is 1090. The maximum absolute atomic E-state index is 12.3. The van der Waals surface area contributed by atoms with Crippen molar-refractivity contribution in [2.45, 2.75) is 37.2 Å². The van der Waals surface area contributed by atoms with E-state index in [1.54, 1.807) is 6.92 Å². The molecule has 1 fully saturated rings. The van der Waals surface area contributed by atoms with Crippen LogP contribution in [0, 0.1) is 0 Å². The predicted molar refractivity (Wildman–Crippen MR) is 125 cm³/mol. The number of carboxylic acid groups (broad SMARTS) is 2. The number of thioether (sulfide) groups is 1. The third-order valence-electron chi connectivity index (χ3n) is 5.49. The van der Waals surface area contributed by atoms with E-state index in [1.807, 2.05) is 18.2 Å². The van der Waals surface area contributed by atoms with Crippen molar-refractivity contribution in [1.82, 2.24) is 10.2 Å². The molecule has 1 saturated heterocycles. The van der Waals surface area contributed by atoms with Gasteiger partial charge in [-0.3, -0.25) is 14.5 Å². The summed E-state index contributed by atoms with van der Waals surface area (Å²) in [6.07, 6.45) is 7.26. The molecule has 0 aromatic heterocycles. The van der Waals surface area contributed by atoms with Crippen molar-refractivity contribution in [2.75, 3.05) is 5.75 Å². The van der Waals surface area contributed by atoms with Gasteiger partial charge in [-0.15, -0.1) is 11.8 Å². The monoisotopic (exact) mass is 487 g/mol. The van der Waals surface area contributed by atoms with Crippen LogP contribution < -0.4 is 11.1 Å². The number of phenols is 1. The molecule has 1 aromatic carbocycles. The van der Waals surface area contributed by atoms with Crippen LogP contribution in [0.5, 0.6) is 5.75 Å². The molecule has 2 heterocycles. The minimum Gasteiger partial charge on any atom is -0.508 e. The number of aromatic hydroxyl groups is 1. The van der Waals surface area contributed by atoms with Crippen molar-refractivity contribution >= 4 is 35.5 Å². The molecule has 0 radical (unpaired) electrons. The molecule has 180 valence electrons. The van der Waals surface area contributed by atoms with Gasteiger partial charge < -0.3 is 26.4 Å². The maximum atomic E-state index is 12.3. The van der Waals surface area contributed by atoms with Crippen LogP contribution in [0.25, 0.3) is 0 Å². The van der Waals surface area contributed by atoms with Crippen LogP contribution in [0.15, 0.2) is 59.3 Å². The minimum absolute atomic E-state index is 0.0265. The second-order valence-corrected chi connectivity index (χ2v) is 8.96. The lowest BCUT2D eigenvalue weighted by Crippen LogP contribution is -2.71. The highest BCUT2D eigenvalue weighted by Gasteiger charge is 2.53. The van der Waals surface area contributed by atoms with E-state index in [1.165, 1.54) is 40.9 Å². The van der Waals surface area contributed by atoms with Crippen LogP contribution >= 0.6 is 11.8 Å². The summed E-state index contributed by atoms with van der Waals surface area (Å²) in [4.78, 5) is 47.5. The van der Waals surface area contributed by atoms with Crippen LogP contribution in [0.4, 0.5) is 0 Å². The van der Waals surface area contributed by atoms with Crippen molar-refractivity contribution in [3.8, 4) is 5.75 Å². The van der Waals surface area contributed by atoms with Gasteiger partial charge in [0.15, 0.2) is 0 Å². The molecule has 2 aliphatic heterocycles. The number of carbonyl (C=O) groups excluding carboxylic acids is 2. The molecule has 3 atom stereocenters. The molecule has 1 aromatic rings. The van der Waals surface area contributed by atoms with Crippen LogP contribution in [-0.4, -0.2) is 67.2 Å². The van der Waals surface area contributed by atoms with E-state index in [0.29, 0.717) is 17.7 Å². The van der Waals surface area contributed by atoms with E-state index in [2.05, 4.69) is 5.32 Å². The van der Waals surface area contributed by atoms with Gasteiger partial charge in [-0.05, 0) is 55.2 Å². The van der Waals surface area contributed by atoms with Gasteiger partial charge in [0, 0.05) is 5.75 Å². The first-order valence-corrected chi connectivity index (χ1v) is 11.5. The van der Waals surface area contributed by atoms with Gasteiger partial charge in [0.2, 0.25) is 5.91 Å². The Morgan fingerprint density at radius 1 is 1.15 bits per heavy atom. The molecule has 0 spiro atoms. The highest BCUT2D eigenvalue weighted by atomic mass is 32.2. The molecule has 2 amide bonds. The Labute approximate surface area is 199 Å². The number of carboxylic acids is 2. The zero-order valence-electron chi connectivity index (χ0n) is 18.3. The zero-order valence-corrected chi connectivity index (χ0v) is 19.1. The summed E-state index contributed by atoms with van der Waals surface area (Å²) < 4.78 is 0. The number of allylic oxidation sites excluding steroid dienone is 3. The number of aromatic carboxylic acids is 1. The zero-order chi connectivity index (χ0) is 25.0. The van der Waals surface area contributed by atoms with E-state index in [4.69, 9.17) is 15.9 Å². The lowest BCUT2D eigenvalue weighted by Gasteiger charge is -2.49. The third-order valence-corrected chi connectivity index (χ3v) is 6.92. The number of benzene rings is 1. The number of nitrogens with one attached hydrogen (secondary N) is 1. The first-order valence-electron chi connectivity index (χ1n) is 10.4. The number of nitrogens with zero attached hydrogens (tertiary/aromatic N) is 1. The number of rotatable bonds is 5. The molecule has 4 rings (SSSR count). The van der Waals surface area contributed by atoms with Gasteiger partial charge in [0.05, 0.1) is 5.56 Å². The van der Waals surface area contributed by atoms with Gasteiger partial charge in [-0.2, -0.15) is 0 Å². The fraction of sp³-hybridized carbons (Fsp3) is 0.304. The fourth-order valence-corrected chi connectivity index (χ4v) is 4.96. The predicted octanol–water partition coefficient (Wildman–Crippen LogP) is 1.44. The molecule has 1 aliphatic carbocycles. The highest BCUT2D eigenvalue weighted by Crippen LogP contribution is 2.40. The first-order chi connectivity index (χ1) is 16.1. The van der Waals surface area contributed by atoms with E-state index >= 15 is 0 Å². The van der Waals surface area contributed by atoms with Crippen LogP contribution in [0.1, 0.15) is 30.1 Å². The molecular formula is C23H25N3O7S. The normalized spacial score (nSPS) is 21.9. The van der Waals surface area contributed by atoms with Crippen molar-refractivity contribution in [3.63, 3.8) is 0 Å². The Hall–Kier alpha value is -3.57. The number of hydrogen-bond acceptors (Lipinski definition) is 7. The average molecular weight is 488 g/mol. The van der Waals surface area contributed by atoms with E-state index in [-0.39, 0.29) is 22.4 Å². The molecule has 34 heavy (non-hydrogen) atoms. The summed E-state index contributed by atoms with van der Waals surface area (Å²) in [5.74, 6) is -2.32. The number of hydrogen-bond donors (Lipinski definition) is 5. The van der Waals surface area contributed by atoms with Crippen LogP contribution in [0.3, 0.4) is 0 Å². The summed E-state index contributed by atoms with van der Waals surface area (Å²) in [6.45, 7) is 1.70. The average Bonchev–Trinajstić information content (AvgIpc) is 2.82. The summed E-state index contributed by atoms with van der Waals surface area (Å²) in [5.41, 5.74) is 7.67.